The van der Waals surface area contributed by atoms with Crippen molar-refractivity contribution in [1.82, 2.24) is 19.4 Å². The van der Waals surface area contributed by atoms with E-state index in [9.17, 15) is 4.79 Å². The van der Waals surface area contributed by atoms with Gasteiger partial charge < -0.3 is 9.47 Å². The Balaban J connectivity index is 1.67. The molecule has 0 radical (unpaired) electrons. The van der Waals surface area contributed by atoms with E-state index < -0.39 is 0 Å². The summed E-state index contributed by atoms with van der Waals surface area (Å²) in [4.78, 5) is 24.1. The summed E-state index contributed by atoms with van der Waals surface area (Å²) in [5.74, 6) is 1.53. The number of benzene rings is 1. The molecule has 1 saturated carbocycles. The number of hydrogen-bond donors (Lipinski definition) is 0. The third-order valence-corrected chi connectivity index (χ3v) is 5.25. The molecule has 1 aliphatic rings. The molecular formula is C21H21BrN4O. The van der Waals surface area contributed by atoms with Crippen LogP contribution in [0.2, 0.25) is 0 Å². The molecule has 0 atom stereocenters. The number of nitrogens with zero attached hydrogens (tertiary/aromatic N) is 4. The molecule has 0 unspecified atom stereocenters. The fourth-order valence-electron chi connectivity index (χ4n) is 3.23. The zero-order valence-corrected chi connectivity index (χ0v) is 16.6. The molecule has 138 valence electrons. The van der Waals surface area contributed by atoms with Crippen molar-refractivity contribution < 1.29 is 4.79 Å². The maximum atomic E-state index is 13.1. The molecule has 0 aliphatic heterocycles. The third-order valence-electron chi connectivity index (χ3n) is 4.76. The minimum atomic E-state index is -0.0332. The zero-order chi connectivity index (χ0) is 18.8. The summed E-state index contributed by atoms with van der Waals surface area (Å²) in [7, 11) is 0. The summed E-state index contributed by atoms with van der Waals surface area (Å²) < 4.78 is 3.06. The molecule has 2 heterocycles. The summed E-state index contributed by atoms with van der Waals surface area (Å²) >= 11 is 3.44. The van der Waals surface area contributed by atoms with Gasteiger partial charge in [-0.1, -0.05) is 28.1 Å². The molecule has 5 nitrogen and oxygen atoms in total. The van der Waals surface area contributed by atoms with Gasteiger partial charge in [-0.05, 0) is 49.1 Å². The van der Waals surface area contributed by atoms with Crippen LogP contribution in [0.4, 0.5) is 0 Å². The van der Waals surface area contributed by atoms with Gasteiger partial charge >= 0.3 is 0 Å². The van der Waals surface area contributed by atoms with Gasteiger partial charge in [-0.3, -0.25) is 4.79 Å². The summed E-state index contributed by atoms with van der Waals surface area (Å²) in [6.07, 6.45) is 6.05. The third kappa shape index (κ3) is 3.95. The molecule has 1 fully saturated rings. The van der Waals surface area contributed by atoms with Gasteiger partial charge in [0.1, 0.15) is 11.3 Å². The zero-order valence-electron chi connectivity index (χ0n) is 15.0. The predicted molar refractivity (Wildman–Crippen MR) is 109 cm³/mol. The molecule has 6 heteroatoms. The molecule has 0 saturated heterocycles. The first-order valence-electron chi connectivity index (χ1n) is 9.11. The van der Waals surface area contributed by atoms with E-state index in [0.29, 0.717) is 24.6 Å². The minimum absolute atomic E-state index is 0.0332. The van der Waals surface area contributed by atoms with Gasteiger partial charge in [0, 0.05) is 29.3 Å². The van der Waals surface area contributed by atoms with Crippen molar-refractivity contribution in [3.63, 3.8) is 0 Å². The van der Waals surface area contributed by atoms with Crippen LogP contribution in [0, 0.1) is 5.92 Å². The molecular weight excluding hydrogens is 404 g/mol. The Labute approximate surface area is 166 Å². The van der Waals surface area contributed by atoms with Crippen molar-refractivity contribution in [2.45, 2.75) is 25.9 Å². The first kappa shape index (κ1) is 17.9. The molecule has 1 amide bonds. The number of aromatic nitrogens is 3. The van der Waals surface area contributed by atoms with Crippen molar-refractivity contribution in [3.8, 4) is 0 Å². The molecule has 3 aromatic rings. The van der Waals surface area contributed by atoms with Gasteiger partial charge in [0.05, 0.1) is 6.54 Å². The quantitative estimate of drug-likeness (QED) is 0.527. The average Bonchev–Trinajstić information content (AvgIpc) is 3.43. The first-order valence-corrected chi connectivity index (χ1v) is 9.91. The van der Waals surface area contributed by atoms with E-state index in [2.05, 4.69) is 32.1 Å². The Hall–Kier alpha value is -2.47. The van der Waals surface area contributed by atoms with Crippen molar-refractivity contribution in [2.24, 2.45) is 5.92 Å². The van der Waals surface area contributed by atoms with Gasteiger partial charge in [0.25, 0.3) is 5.91 Å². The molecule has 0 spiro atoms. The fourth-order valence-corrected chi connectivity index (χ4v) is 3.63. The molecule has 27 heavy (non-hydrogen) atoms. The maximum absolute atomic E-state index is 13.1. The van der Waals surface area contributed by atoms with E-state index in [1.54, 1.807) is 17.2 Å². The van der Waals surface area contributed by atoms with E-state index in [1.165, 1.54) is 12.8 Å². The lowest BCUT2D eigenvalue weighted by molar-refractivity contribution is 0.0757. The van der Waals surface area contributed by atoms with E-state index in [-0.39, 0.29) is 5.91 Å². The van der Waals surface area contributed by atoms with E-state index in [0.717, 1.165) is 28.0 Å². The molecule has 1 aliphatic carbocycles. The molecule has 2 aromatic heterocycles. The van der Waals surface area contributed by atoms with Gasteiger partial charge in [0.2, 0.25) is 0 Å². The fraction of sp³-hybridized carbons (Fsp3) is 0.286. The smallest absolute Gasteiger partial charge is 0.254 e. The van der Waals surface area contributed by atoms with E-state index >= 15 is 0 Å². The normalized spacial score (nSPS) is 13.7. The Morgan fingerprint density at radius 3 is 2.93 bits per heavy atom. The number of carbonyl (C=O) groups excluding carboxylic acids is 1. The summed E-state index contributed by atoms with van der Waals surface area (Å²) in [6, 6.07) is 11.3. The van der Waals surface area contributed by atoms with Crippen LogP contribution < -0.4 is 0 Å². The van der Waals surface area contributed by atoms with Crippen molar-refractivity contribution in [1.29, 1.82) is 0 Å². The monoisotopic (exact) mass is 424 g/mol. The molecule has 0 bridgehead atoms. The number of amides is 1. The summed E-state index contributed by atoms with van der Waals surface area (Å²) in [5, 5.41) is 0. The highest BCUT2D eigenvalue weighted by Crippen LogP contribution is 2.32. The second-order valence-electron chi connectivity index (χ2n) is 6.91. The number of rotatable bonds is 7. The summed E-state index contributed by atoms with van der Waals surface area (Å²) in [5.41, 5.74) is 2.42. The minimum Gasteiger partial charge on any atom is -0.327 e. The maximum Gasteiger partial charge on any atom is 0.254 e. The van der Waals surface area contributed by atoms with Crippen LogP contribution in [0.3, 0.4) is 0 Å². The van der Waals surface area contributed by atoms with Gasteiger partial charge in [-0.2, -0.15) is 0 Å². The molecule has 0 N–H and O–H groups in total. The van der Waals surface area contributed by atoms with Gasteiger partial charge in [-0.25, -0.2) is 9.97 Å². The second kappa shape index (κ2) is 7.64. The first-order chi connectivity index (χ1) is 13.2. The lowest BCUT2D eigenvalue weighted by Gasteiger charge is -2.21. The lowest BCUT2D eigenvalue weighted by Crippen LogP contribution is -2.32. The topological polar surface area (TPSA) is 51.0 Å². The molecule has 1 aromatic carbocycles. The van der Waals surface area contributed by atoms with Crippen LogP contribution in [0.1, 0.15) is 29.0 Å². The van der Waals surface area contributed by atoms with Crippen molar-refractivity contribution in [3.05, 3.63) is 71.1 Å². The highest BCUT2D eigenvalue weighted by atomic mass is 79.9. The van der Waals surface area contributed by atoms with Crippen LogP contribution in [0.15, 0.2) is 59.7 Å². The van der Waals surface area contributed by atoms with Crippen LogP contribution in [-0.4, -0.2) is 31.9 Å². The van der Waals surface area contributed by atoms with Gasteiger partial charge in [-0.15, -0.1) is 6.58 Å². The Bertz CT molecular complexity index is 993. The Morgan fingerprint density at radius 1 is 1.33 bits per heavy atom. The lowest BCUT2D eigenvalue weighted by atomic mass is 10.2. The Morgan fingerprint density at radius 2 is 2.19 bits per heavy atom. The number of fused-ring (bicyclic) bond motifs is 1. The highest BCUT2D eigenvalue weighted by molar-refractivity contribution is 9.10. The predicted octanol–water partition coefficient (Wildman–Crippen LogP) is 4.43. The largest absolute Gasteiger partial charge is 0.327 e. The van der Waals surface area contributed by atoms with E-state index in [4.69, 9.17) is 4.98 Å². The number of hydrogen-bond acceptors (Lipinski definition) is 3. The van der Waals surface area contributed by atoms with Crippen molar-refractivity contribution in [2.75, 3.05) is 6.54 Å². The van der Waals surface area contributed by atoms with Crippen LogP contribution in [0.5, 0.6) is 0 Å². The Kier molecular flexibility index (Phi) is 5.07. The van der Waals surface area contributed by atoms with Crippen molar-refractivity contribution >= 4 is 33.0 Å². The number of pyridine rings is 1. The highest BCUT2D eigenvalue weighted by Gasteiger charge is 2.26. The number of imidazole rings is 1. The number of halogens is 1. The van der Waals surface area contributed by atoms with E-state index in [1.807, 2.05) is 36.4 Å². The summed E-state index contributed by atoms with van der Waals surface area (Å²) in [6.45, 7) is 5.62. The SMILES string of the molecule is C=CCN(Cc1nc2cccnc2n1CC1CC1)C(=O)c1cccc(Br)c1. The molecule has 4 rings (SSSR count). The second-order valence-corrected chi connectivity index (χ2v) is 7.83. The number of carbonyl (C=O) groups is 1. The average molecular weight is 425 g/mol. The standard InChI is InChI=1S/C21H21BrN4O/c1-2-11-25(21(27)16-5-3-6-17(22)12-16)14-19-24-18-7-4-10-23-20(18)26(19)13-15-8-9-15/h2-7,10,12,15H,1,8-9,11,13-14H2. The van der Waals surface area contributed by atoms with Crippen LogP contribution in [-0.2, 0) is 13.1 Å². The van der Waals surface area contributed by atoms with Crippen LogP contribution >= 0.6 is 15.9 Å². The van der Waals surface area contributed by atoms with Gasteiger partial charge in [0.15, 0.2) is 5.65 Å². The van der Waals surface area contributed by atoms with Crippen LogP contribution in [0.25, 0.3) is 11.2 Å².